The molecule has 0 heterocycles. The Morgan fingerprint density at radius 1 is 0.432 bits per heavy atom. The van der Waals surface area contributed by atoms with Crippen molar-refractivity contribution < 1.29 is 47.1 Å². The molecule has 4 N–H and O–H groups in total. The lowest BCUT2D eigenvalue weighted by Gasteiger charge is -2.38. The first-order chi connectivity index (χ1) is 20.2. The molecule has 0 bridgehead atoms. The van der Waals surface area contributed by atoms with Crippen molar-refractivity contribution in [3.8, 4) is 0 Å². The van der Waals surface area contributed by atoms with Crippen molar-refractivity contribution in [3.05, 3.63) is 0 Å². The maximum Gasteiger partial charge on any atom is 0.362 e. The fourth-order valence-electron chi connectivity index (χ4n) is 6.32. The summed E-state index contributed by atoms with van der Waals surface area (Å²) in [6.45, 7) is 0.571. The second kappa shape index (κ2) is 21.2. The zero-order valence-corrected chi connectivity index (χ0v) is 31.6. The third-order valence-corrected chi connectivity index (χ3v) is 11.9. The molecule has 0 aliphatic carbocycles. The number of unbranched alkanes of at least 4 members (excludes halogenated alkanes) is 17. The minimum Gasteiger partial charge on any atom is -0.361 e. The van der Waals surface area contributed by atoms with Crippen molar-refractivity contribution in [2.75, 3.05) is 69.6 Å². The van der Waals surface area contributed by atoms with E-state index in [4.69, 9.17) is 9.47 Å². The van der Waals surface area contributed by atoms with E-state index in [2.05, 4.69) is 0 Å². The Hall–Kier alpha value is 0.140. The first kappa shape index (κ1) is 44.1. The molecule has 44 heavy (non-hydrogen) atoms. The number of quaternary nitrogens is 2. The summed E-state index contributed by atoms with van der Waals surface area (Å²) in [7, 11) is 5.66. The Morgan fingerprint density at radius 3 is 0.750 bits per heavy atom. The fraction of sp³-hybridized carbons (Fsp3) is 1.00. The van der Waals surface area contributed by atoms with Gasteiger partial charge in [0.05, 0.1) is 42.3 Å². The van der Waals surface area contributed by atoms with Crippen LogP contribution in [0.2, 0.25) is 0 Å². The van der Waals surface area contributed by atoms with Crippen molar-refractivity contribution in [3.63, 3.8) is 0 Å². The molecule has 0 aromatic heterocycles. The minimum absolute atomic E-state index is 0.285. The predicted octanol–water partition coefficient (Wildman–Crippen LogP) is 7.24. The molecule has 2 atom stereocenters. The van der Waals surface area contributed by atoms with Crippen LogP contribution in [0.3, 0.4) is 0 Å². The van der Waals surface area contributed by atoms with Crippen molar-refractivity contribution >= 4 is 15.2 Å². The summed E-state index contributed by atoms with van der Waals surface area (Å²) < 4.78 is 36.2. The van der Waals surface area contributed by atoms with Gasteiger partial charge < -0.3 is 38.0 Å². The van der Waals surface area contributed by atoms with Crippen LogP contribution in [0.1, 0.15) is 128 Å². The molecule has 0 spiro atoms. The fourth-order valence-corrected chi connectivity index (χ4v) is 8.91. The number of hydrogen-bond acceptors (Lipinski definition) is 4. The summed E-state index contributed by atoms with van der Waals surface area (Å²) >= 11 is 0. The summed E-state index contributed by atoms with van der Waals surface area (Å²) in [6.07, 6.45) is 21.6. The first-order valence-corrected chi connectivity index (χ1v) is 20.3. The van der Waals surface area contributed by atoms with Gasteiger partial charge in [0.2, 0.25) is 10.7 Å². The molecule has 0 saturated heterocycles. The number of likely N-dealkylation sites (N-methyl/N-ethyl adjacent to an activating group) is 2. The normalized spacial score (nSPS) is 16.2. The molecule has 0 saturated carbocycles. The summed E-state index contributed by atoms with van der Waals surface area (Å²) in [5.74, 6) is 0. The number of methoxy groups -OCH3 is 2. The first-order valence-electron chi connectivity index (χ1n) is 17.1. The molecule has 10 nitrogen and oxygen atoms in total. The van der Waals surface area contributed by atoms with Crippen LogP contribution in [0.25, 0.3) is 0 Å². The van der Waals surface area contributed by atoms with Gasteiger partial charge in [-0.15, -0.1) is 0 Å². The number of rotatable bonds is 29. The number of nitrogens with zero attached hydrogens (tertiary/aromatic N) is 2. The van der Waals surface area contributed by atoms with Gasteiger partial charge in [0.1, 0.15) is 13.1 Å². The van der Waals surface area contributed by atoms with Crippen LogP contribution in [0, 0.1) is 0 Å². The SMILES string of the molecule is COC(CCCCCCCCCCCCCCCCCCCCC(C[N+](C)(C)C)(OC)P(=O)(O)O)(C[N+](C)(C)C)P(=O)(O)O. The van der Waals surface area contributed by atoms with Gasteiger partial charge >= 0.3 is 15.2 Å². The lowest BCUT2D eigenvalue weighted by atomic mass is 10.0. The van der Waals surface area contributed by atoms with Crippen LogP contribution in [0.4, 0.5) is 0 Å². The van der Waals surface area contributed by atoms with E-state index in [1.807, 2.05) is 42.3 Å². The summed E-state index contributed by atoms with van der Waals surface area (Å²) in [5.41, 5.74) is 0. The molecule has 0 aliphatic rings. The molecule has 0 fully saturated rings. The van der Waals surface area contributed by atoms with Crippen LogP contribution in [-0.2, 0) is 18.6 Å². The van der Waals surface area contributed by atoms with E-state index in [1.165, 1.54) is 91.3 Å². The molecule has 0 amide bonds. The molecule has 0 rings (SSSR count). The van der Waals surface area contributed by atoms with Crippen LogP contribution >= 0.6 is 15.2 Å². The molecule has 12 heteroatoms. The van der Waals surface area contributed by atoms with Gasteiger partial charge in [-0.2, -0.15) is 0 Å². The summed E-state index contributed by atoms with van der Waals surface area (Å²) in [4.78, 5) is 39.9. The van der Waals surface area contributed by atoms with Crippen LogP contribution in [0.5, 0.6) is 0 Å². The number of hydrogen-bond donors (Lipinski definition) is 4. The topological polar surface area (TPSA) is 134 Å². The quantitative estimate of drug-likeness (QED) is 0.0371. The Balaban J connectivity index is 3.80. The van der Waals surface area contributed by atoms with Crippen molar-refractivity contribution in [1.29, 1.82) is 0 Å². The minimum atomic E-state index is -4.37. The maximum atomic E-state index is 12.2. The highest BCUT2D eigenvalue weighted by atomic mass is 31.2. The average molecular weight is 675 g/mol. The molecular weight excluding hydrogens is 602 g/mol. The monoisotopic (exact) mass is 674 g/mol. The second-order valence-electron chi connectivity index (χ2n) is 15.1. The number of ether oxygens (including phenoxy) is 2. The third-order valence-electron chi connectivity index (χ3n) is 8.65. The standard InChI is InChI=1S/C32H70N2O8P2/c1-33(2,3)29-31(41-7,43(35,36)37)27-25-23-21-19-17-15-13-11-9-10-12-14-16-18-20-22-24-26-28-32(42-8,44(38,39)40)30-34(4,5)6/h9-30H2,1-8H3,(H2-2,35,36,37,38,39,40)/p+2. The summed E-state index contributed by atoms with van der Waals surface area (Å²) in [6, 6.07) is 0. The van der Waals surface area contributed by atoms with E-state index >= 15 is 0 Å². The van der Waals surface area contributed by atoms with Gasteiger partial charge in [-0.25, -0.2) is 0 Å². The van der Waals surface area contributed by atoms with Crippen LogP contribution < -0.4 is 0 Å². The van der Waals surface area contributed by atoms with E-state index in [0.29, 0.717) is 21.8 Å². The predicted molar refractivity (Wildman–Crippen MR) is 182 cm³/mol. The van der Waals surface area contributed by atoms with Gasteiger partial charge in [-0.1, -0.05) is 103 Å². The molecule has 2 unspecified atom stereocenters. The highest BCUT2D eigenvalue weighted by Gasteiger charge is 2.51. The van der Waals surface area contributed by atoms with Gasteiger partial charge in [0.25, 0.3) is 0 Å². The highest BCUT2D eigenvalue weighted by molar-refractivity contribution is 7.53. The highest BCUT2D eigenvalue weighted by Crippen LogP contribution is 2.55. The van der Waals surface area contributed by atoms with E-state index in [0.717, 1.165) is 38.5 Å². The van der Waals surface area contributed by atoms with E-state index in [1.54, 1.807) is 0 Å². The van der Waals surface area contributed by atoms with Crippen molar-refractivity contribution in [2.45, 2.75) is 139 Å². The molecule has 266 valence electrons. The van der Waals surface area contributed by atoms with Crippen molar-refractivity contribution in [2.24, 2.45) is 0 Å². The van der Waals surface area contributed by atoms with Gasteiger partial charge in [0, 0.05) is 14.2 Å². The lowest BCUT2D eigenvalue weighted by Crippen LogP contribution is -2.50. The molecule has 0 aromatic carbocycles. The van der Waals surface area contributed by atoms with Gasteiger partial charge in [-0.3, -0.25) is 9.13 Å². The smallest absolute Gasteiger partial charge is 0.361 e. The van der Waals surface area contributed by atoms with E-state index in [9.17, 15) is 28.7 Å². The Kier molecular flexibility index (Phi) is 21.2. The third kappa shape index (κ3) is 19.1. The Labute approximate surface area is 270 Å². The van der Waals surface area contributed by atoms with Crippen LogP contribution in [-0.4, -0.2) is 109 Å². The molecule has 0 aromatic rings. The molecular formula is C32H72N2O8P2+2. The van der Waals surface area contributed by atoms with E-state index < -0.39 is 25.9 Å². The Bertz CT molecular complexity index is 769. The van der Waals surface area contributed by atoms with Gasteiger partial charge in [0.15, 0.2) is 0 Å². The summed E-state index contributed by atoms with van der Waals surface area (Å²) in [5, 5.41) is -2.79. The van der Waals surface area contributed by atoms with Crippen molar-refractivity contribution in [1.82, 2.24) is 0 Å². The zero-order valence-electron chi connectivity index (χ0n) is 29.8. The lowest BCUT2D eigenvalue weighted by molar-refractivity contribution is -0.875. The Morgan fingerprint density at radius 2 is 0.614 bits per heavy atom. The second-order valence-corrected chi connectivity index (χ2v) is 19.0. The molecule has 0 aliphatic heterocycles. The largest absolute Gasteiger partial charge is 0.362 e. The average Bonchev–Trinajstić information content (AvgIpc) is 2.87. The maximum absolute atomic E-state index is 12.2. The van der Waals surface area contributed by atoms with E-state index in [-0.39, 0.29) is 13.1 Å². The molecule has 0 radical (unpaired) electrons. The van der Waals surface area contributed by atoms with Gasteiger partial charge in [-0.05, 0) is 25.7 Å². The zero-order chi connectivity index (χ0) is 34.0. The van der Waals surface area contributed by atoms with Crippen LogP contribution in [0.15, 0.2) is 0 Å².